The van der Waals surface area contributed by atoms with E-state index in [1.165, 1.54) is 38.9 Å². The molecule has 26 heavy (non-hydrogen) atoms. The van der Waals surface area contributed by atoms with E-state index in [4.69, 9.17) is 0 Å². The molecule has 6 heteroatoms. The minimum absolute atomic E-state index is 0.0240. The van der Waals surface area contributed by atoms with E-state index in [1.807, 2.05) is 24.3 Å². The van der Waals surface area contributed by atoms with Crippen LogP contribution < -0.4 is 10.6 Å². The predicted molar refractivity (Wildman–Crippen MR) is 108 cm³/mol. The molecule has 1 aliphatic rings. The van der Waals surface area contributed by atoms with Crippen LogP contribution in [0.3, 0.4) is 0 Å². The van der Waals surface area contributed by atoms with E-state index in [-0.39, 0.29) is 5.91 Å². The lowest BCUT2D eigenvalue weighted by atomic mass is 10.1. The number of carbonyl (C=O) groups excluding carboxylic acids is 1. The molecule has 2 rings (SSSR count). The van der Waals surface area contributed by atoms with E-state index in [2.05, 4.69) is 20.5 Å². The lowest BCUT2D eigenvalue weighted by Gasteiger charge is -2.15. The summed E-state index contributed by atoms with van der Waals surface area (Å²) >= 11 is 0. The van der Waals surface area contributed by atoms with Crippen molar-refractivity contribution in [3.63, 3.8) is 0 Å². The monoisotopic (exact) mass is 359 g/mol. The summed E-state index contributed by atoms with van der Waals surface area (Å²) < 4.78 is 0. The molecule has 1 heterocycles. The van der Waals surface area contributed by atoms with Gasteiger partial charge >= 0.3 is 0 Å². The lowest BCUT2D eigenvalue weighted by Crippen LogP contribution is -2.37. The fourth-order valence-electron chi connectivity index (χ4n) is 3.10. The molecule has 2 N–H and O–H groups in total. The van der Waals surface area contributed by atoms with Crippen LogP contribution >= 0.6 is 0 Å². The lowest BCUT2D eigenvalue weighted by molar-refractivity contribution is 0.0827. The molecule has 0 spiro atoms. The van der Waals surface area contributed by atoms with Crippen LogP contribution in [0.2, 0.25) is 0 Å². The first-order valence-electron chi connectivity index (χ1n) is 9.57. The van der Waals surface area contributed by atoms with Crippen molar-refractivity contribution in [1.29, 1.82) is 0 Å². The Morgan fingerprint density at radius 3 is 2.42 bits per heavy atom. The maximum absolute atomic E-state index is 11.9. The number of nitrogens with zero attached hydrogens (tertiary/aromatic N) is 3. The molecule has 1 aliphatic heterocycles. The van der Waals surface area contributed by atoms with Crippen LogP contribution in [-0.2, 0) is 6.54 Å². The summed E-state index contributed by atoms with van der Waals surface area (Å²) in [4.78, 5) is 20.3. The van der Waals surface area contributed by atoms with Gasteiger partial charge in [-0.05, 0) is 63.0 Å². The Morgan fingerprint density at radius 2 is 1.81 bits per heavy atom. The average molecular weight is 360 g/mol. The first-order valence-corrected chi connectivity index (χ1v) is 9.57. The normalized spacial score (nSPS) is 15.1. The van der Waals surface area contributed by atoms with Gasteiger partial charge in [-0.3, -0.25) is 9.79 Å². The van der Waals surface area contributed by atoms with E-state index in [1.54, 1.807) is 26.0 Å². The van der Waals surface area contributed by atoms with Gasteiger partial charge < -0.3 is 20.4 Å². The average Bonchev–Trinajstić information content (AvgIpc) is 3.17. The number of unbranched alkanes of at least 4 members (excludes halogenated alkanes) is 1. The highest BCUT2D eigenvalue weighted by atomic mass is 16.2. The summed E-state index contributed by atoms with van der Waals surface area (Å²) in [6.45, 7) is 5.38. The van der Waals surface area contributed by atoms with Crippen molar-refractivity contribution in [1.82, 2.24) is 20.4 Å². The highest BCUT2D eigenvalue weighted by Crippen LogP contribution is 2.08. The number of hydrogen-bond donors (Lipinski definition) is 2. The van der Waals surface area contributed by atoms with Gasteiger partial charge in [0, 0.05) is 39.8 Å². The Kier molecular flexibility index (Phi) is 8.41. The van der Waals surface area contributed by atoms with Crippen molar-refractivity contribution in [2.75, 3.05) is 47.3 Å². The van der Waals surface area contributed by atoms with Crippen molar-refractivity contribution in [3.8, 4) is 0 Å². The molecule has 1 aromatic carbocycles. The Morgan fingerprint density at radius 1 is 1.12 bits per heavy atom. The molecule has 144 valence electrons. The molecule has 1 amide bonds. The summed E-state index contributed by atoms with van der Waals surface area (Å²) in [5, 5.41) is 6.69. The van der Waals surface area contributed by atoms with Gasteiger partial charge in [0.1, 0.15) is 0 Å². The van der Waals surface area contributed by atoms with Crippen LogP contribution in [0.5, 0.6) is 0 Å². The molecule has 0 atom stereocenters. The maximum Gasteiger partial charge on any atom is 0.253 e. The second-order valence-electron chi connectivity index (χ2n) is 7.00. The zero-order valence-electron chi connectivity index (χ0n) is 16.4. The van der Waals surface area contributed by atoms with E-state index >= 15 is 0 Å². The number of carbonyl (C=O) groups is 1. The Bertz CT molecular complexity index is 576. The van der Waals surface area contributed by atoms with Crippen LogP contribution in [0.4, 0.5) is 0 Å². The van der Waals surface area contributed by atoms with Crippen LogP contribution in [0, 0.1) is 0 Å². The van der Waals surface area contributed by atoms with Crippen molar-refractivity contribution in [2.45, 2.75) is 32.2 Å². The van der Waals surface area contributed by atoms with Gasteiger partial charge in [0.05, 0.1) is 0 Å². The van der Waals surface area contributed by atoms with Gasteiger partial charge in [0.15, 0.2) is 5.96 Å². The minimum Gasteiger partial charge on any atom is -0.356 e. The van der Waals surface area contributed by atoms with Gasteiger partial charge in [-0.1, -0.05) is 12.1 Å². The second-order valence-corrected chi connectivity index (χ2v) is 7.00. The number of amides is 1. The van der Waals surface area contributed by atoms with E-state index in [0.717, 1.165) is 24.5 Å². The van der Waals surface area contributed by atoms with Gasteiger partial charge in [0.25, 0.3) is 5.91 Å². The van der Waals surface area contributed by atoms with Gasteiger partial charge in [-0.25, -0.2) is 0 Å². The van der Waals surface area contributed by atoms with Crippen molar-refractivity contribution in [2.24, 2.45) is 4.99 Å². The quantitative estimate of drug-likeness (QED) is 0.423. The first kappa shape index (κ1) is 20.2. The van der Waals surface area contributed by atoms with Crippen molar-refractivity contribution < 1.29 is 4.79 Å². The van der Waals surface area contributed by atoms with E-state index in [9.17, 15) is 4.79 Å². The standard InChI is InChI=1S/C20H33N5O/c1-21-20(22-12-4-5-13-25-14-6-7-15-25)23-16-17-8-10-18(11-9-17)19(26)24(2)3/h8-11H,4-7,12-16H2,1-3H3,(H2,21,22,23). The SMILES string of the molecule is CN=C(NCCCCN1CCCC1)NCc1ccc(C(=O)N(C)C)cc1. The zero-order valence-corrected chi connectivity index (χ0v) is 16.4. The van der Waals surface area contributed by atoms with Gasteiger partial charge in [-0.15, -0.1) is 0 Å². The number of hydrogen-bond acceptors (Lipinski definition) is 3. The second kappa shape index (κ2) is 10.8. The highest BCUT2D eigenvalue weighted by Gasteiger charge is 2.10. The van der Waals surface area contributed by atoms with Gasteiger partial charge in [0.2, 0.25) is 0 Å². The molecule has 6 nitrogen and oxygen atoms in total. The van der Waals surface area contributed by atoms with E-state index in [0.29, 0.717) is 12.1 Å². The number of nitrogens with one attached hydrogen (secondary N) is 2. The van der Waals surface area contributed by atoms with E-state index < -0.39 is 0 Å². The molecule has 1 saturated heterocycles. The fourth-order valence-corrected chi connectivity index (χ4v) is 3.10. The number of guanidine groups is 1. The molecule has 1 aromatic rings. The maximum atomic E-state index is 11.9. The number of benzene rings is 1. The number of aliphatic imine (C=N–C) groups is 1. The molecule has 0 bridgehead atoms. The summed E-state index contributed by atoms with van der Waals surface area (Å²) in [7, 11) is 5.32. The van der Waals surface area contributed by atoms with Crippen LogP contribution in [0.25, 0.3) is 0 Å². The molecular formula is C20H33N5O. The smallest absolute Gasteiger partial charge is 0.253 e. The first-order chi connectivity index (χ1) is 12.6. The third-order valence-electron chi connectivity index (χ3n) is 4.68. The summed E-state index contributed by atoms with van der Waals surface area (Å²) in [5.41, 5.74) is 1.83. The van der Waals surface area contributed by atoms with Crippen molar-refractivity contribution >= 4 is 11.9 Å². The zero-order chi connectivity index (χ0) is 18.8. The van der Waals surface area contributed by atoms with Crippen LogP contribution in [-0.4, -0.2) is 69.0 Å². The minimum atomic E-state index is 0.0240. The summed E-state index contributed by atoms with van der Waals surface area (Å²) in [6, 6.07) is 7.70. The molecule has 0 saturated carbocycles. The van der Waals surface area contributed by atoms with Crippen LogP contribution in [0.1, 0.15) is 41.6 Å². The molecule has 0 aliphatic carbocycles. The predicted octanol–water partition coefficient (Wildman–Crippen LogP) is 1.93. The largest absolute Gasteiger partial charge is 0.356 e. The molecular weight excluding hydrogens is 326 g/mol. The topological polar surface area (TPSA) is 60.0 Å². The Balaban J connectivity index is 1.65. The van der Waals surface area contributed by atoms with Crippen molar-refractivity contribution in [3.05, 3.63) is 35.4 Å². The molecule has 0 aromatic heterocycles. The number of likely N-dealkylation sites (tertiary alicyclic amines) is 1. The molecule has 1 fully saturated rings. The third-order valence-corrected chi connectivity index (χ3v) is 4.68. The summed E-state index contributed by atoms with van der Waals surface area (Å²) in [5.74, 6) is 0.843. The molecule has 0 unspecified atom stereocenters. The Labute approximate surface area is 157 Å². The fraction of sp³-hybridized carbons (Fsp3) is 0.600. The van der Waals surface area contributed by atoms with Crippen LogP contribution in [0.15, 0.2) is 29.3 Å². The Hall–Kier alpha value is -2.08. The number of rotatable bonds is 8. The third kappa shape index (κ3) is 6.67. The van der Waals surface area contributed by atoms with Gasteiger partial charge in [-0.2, -0.15) is 0 Å². The highest BCUT2D eigenvalue weighted by molar-refractivity contribution is 5.93. The summed E-state index contributed by atoms with van der Waals surface area (Å²) in [6.07, 6.45) is 5.10. The molecule has 0 radical (unpaired) electrons.